The molecule has 25 heavy (non-hydrogen) atoms. The van der Waals surface area contributed by atoms with Gasteiger partial charge in [-0.2, -0.15) is 0 Å². The lowest BCUT2D eigenvalue weighted by molar-refractivity contribution is -0.136. The first-order valence-electron chi connectivity index (χ1n) is 7.94. The lowest BCUT2D eigenvalue weighted by Gasteiger charge is -2.09. The summed E-state index contributed by atoms with van der Waals surface area (Å²) in [7, 11) is 1.40. The molecule has 0 amide bonds. The van der Waals surface area contributed by atoms with Crippen molar-refractivity contribution in [1.29, 1.82) is 0 Å². The Morgan fingerprint density at radius 1 is 1.24 bits per heavy atom. The van der Waals surface area contributed by atoms with Crippen LogP contribution < -0.4 is 0 Å². The van der Waals surface area contributed by atoms with Crippen molar-refractivity contribution < 1.29 is 9.53 Å². The van der Waals surface area contributed by atoms with E-state index in [1.807, 2.05) is 34.9 Å². The van der Waals surface area contributed by atoms with E-state index < -0.39 is 0 Å². The Morgan fingerprint density at radius 3 is 2.72 bits per heavy atom. The van der Waals surface area contributed by atoms with Gasteiger partial charge in [-0.1, -0.05) is 28.1 Å². The number of fused-ring (bicyclic) bond motifs is 1. The number of hydrogen-bond acceptors (Lipinski definition) is 3. The molecule has 1 aromatic heterocycles. The van der Waals surface area contributed by atoms with Gasteiger partial charge < -0.3 is 9.30 Å². The molecular formula is C20H19BrN2O2. The summed E-state index contributed by atoms with van der Waals surface area (Å²) in [5.41, 5.74) is 5.84. The summed E-state index contributed by atoms with van der Waals surface area (Å²) in [4.78, 5) is 16.7. The van der Waals surface area contributed by atoms with E-state index in [9.17, 15) is 4.79 Å². The first kappa shape index (κ1) is 17.4. The van der Waals surface area contributed by atoms with Gasteiger partial charge >= 0.3 is 5.97 Å². The largest absolute Gasteiger partial charge is 0.466 e. The van der Waals surface area contributed by atoms with Crippen LogP contribution in [0, 0.1) is 13.8 Å². The van der Waals surface area contributed by atoms with E-state index in [0.29, 0.717) is 12.1 Å². The van der Waals surface area contributed by atoms with Crippen molar-refractivity contribution in [2.75, 3.05) is 7.11 Å². The highest BCUT2D eigenvalue weighted by atomic mass is 79.9. The molecule has 3 rings (SSSR count). The molecule has 0 atom stereocenters. The second-order valence-electron chi connectivity index (χ2n) is 6.01. The van der Waals surface area contributed by atoms with Crippen LogP contribution >= 0.6 is 15.9 Å². The second kappa shape index (κ2) is 7.23. The molecule has 1 heterocycles. The number of halogens is 1. The third kappa shape index (κ3) is 3.82. The van der Waals surface area contributed by atoms with Crippen LogP contribution in [0.5, 0.6) is 0 Å². The Morgan fingerprint density at radius 2 is 2.00 bits per heavy atom. The fourth-order valence-electron chi connectivity index (χ4n) is 2.72. The molecule has 0 radical (unpaired) electrons. The van der Waals surface area contributed by atoms with E-state index in [0.717, 1.165) is 21.1 Å². The highest BCUT2D eigenvalue weighted by Gasteiger charge is 2.13. The van der Waals surface area contributed by atoms with Gasteiger partial charge in [-0.15, -0.1) is 0 Å². The van der Waals surface area contributed by atoms with Gasteiger partial charge in [0.05, 0.1) is 36.6 Å². The minimum Gasteiger partial charge on any atom is -0.466 e. The number of rotatable bonds is 4. The molecule has 0 bridgehead atoms. The summed E-state index contributed by atoms with van der Waals surface area (Å²) in [5, 5.41) is 0. The molecule has 0 fully saturated rings. The van der Waals surface area contributed by atoms with Gasteiger partial charge in [0.2, 0.25) is 0 Å². The molecule has 0 spiro atoms. The number of methoxy groups -OCH3 is 1. The average Bonchev–Trinajstić information content (AvgIpc) is 2.96. The summed E-state index contributed by atoms with van der Waals surface area (Å²) < 4.78 is 7.90. The minimum absolute atomic E-state index is 0.342. The summed E-state index contributed by atoms with van der Waals surface area (Å²) in [6.07, 6.45) is 3.62. The van der Waals surface area contributed by atoms with Crippen molar-refractivity contribution in [2.45, 2.75) is 20.4 Å². The normalized spacial score (nSPS) is 11.8. The topological polar surface area (TPSA) is 44.1 Å². The van der Waals surface area contributed by atoms with E-state index in [4.69, 9.17) is 4.74 Å². The lowest BCUT2D eigenvalue weighted by atomic mass is 10.1. The third-order valence-corrected chi connectivity index (χ3v) is 4.71. The number of benzene rings is 2. The highest BCUT2D eigenvalue weighted by Crippen LogP contribution is 2.21. The van der Waals surface area contributed by atoms with Gasteiger partial charge in [-0.25, -0.2) is 9.78 Å². The van der Waals surface area contributed by atoms with Crippen LogP contribution in [0.1, 0.15) is 16.7 Å². The summed E-state index contributed by atoms with van der Waals surface area (Å²) >= 11 is 3.45. The molecule has 0 N–H and O–H groups in total. The average molecular weight is 399 g/mol. The lowest BCUT2D eigenvalue weighted by Crippen LogP contribution is -2.11. The van der Waals surface area contributed by atoms with Gasteiger partial charge in [-0.05, 0) is 60.9 Å². The van der Waals surface area contributed by atoms with Crippen molar-refractivity contribution in [1.82, 2.24) is 9.55 Å². The van der Waals surface area contributed by atoms with Crippen LogP contribution in [-0.4, -0.2) is 22.6 Å². The smallest absolute Gasteiger partial charge is 0.335 e. The zero-order chi connectivity index (χ0) is 18.0. The number of hydrogen-bond donors (Lipinski definition) is 0. The molecular weight excluding hydrogens is 380 g/mol. The predicted molar refractivity (Wildman–Crippen MR) is 103 cm³/mol. The van der Waals surface area contributed by atoms with Crippen LogP contribution in [0.3, 0.4) is 0 Å². The minimum atomic E-state index is -0.342. The summed E-state index contributed by atoms with van der Waals surface area (Å²) in [5.74, 6) is -0.342. The van der Waals surface area contributed by atoms with Crippen LogP contribution in [-0.2, 0) is 16.1 Å². The standard InChI is InChI=1S/C20H19BrN2O2/c1-13-7-18-19(8-14(13)2)23(12-22-18)11-16(20(24)25-3)9-15-5-4-6-17(21)10-15/h4-10,12H,11H2,1-3H3/b16-9-. The monoisotopic (exact) mass is 398 g/mol. The zero-order valence-corrected chi connectivity index (χ0v) is 16.0. The van der Waals surface area contributed by atoms with Crippen LogP contribution in [0.15, 0.2) is 52.8 Å². The number of nitrogens with zero attached hydrogens (tertiary/aromatic N) is 2. The third-order valence-electron chi connectivity index (χ3n) is 4.21. The Hall–Kier alpha value is -2.40. The van der Waals surface area contributed by atoms with E-state index in [2.05, 4.69) is 46.9 Å². The number of ether oxygens (including phenoxy) is 1. The predicted octanol–water partition coefficient (Wildman–Crippen LogP) is 4.67. The van der Waals surface area contributed by atoms with Crippen molar-refractivity contribution in [2.24, 2.45) is 0 Å². The van der Waals surface area contributed by atoms with E-state index in [-0.39, 0.29) is 5.97 Å². The molecule has 3 aromatic rings. The maximum atomic E-state index is 12.2. The van der Waals surface area contributed by atoms with E-state index in [1.54, 1.807) is 6.33 Å². The molecule has 0 aliphatic rings. The number of aromatic nitrogens is 2. The Kier molecular flexibility index (Phi) is 5.04. The molecule has 0 saturated carbocycles. The molecule has 0 saturated heterocycles. The molecule has 5 heteroatoms. The van der Waals surface area contributed by atoms with Crippen LogP contribution in [0.25, 0.3) is 17.1 Å². The number of imidazole rings is 1. The first-order valence-corrected chi connectivity index (χ1v) is 8.74. The maximum Gasteiger partial charge on any atom is 0.335 e. The van der Waals surface area contributed by atoms with Gasteiger partial charge in [0, 0.05) is 4.47 Å². The quantitative estimate of drug-likeness (QED) is 0.473. The van der Waals surface area contributed by atoms with E-state index in [1.165, 1.54) is 18.2 Å². The fraction of sp³-hybridized carbons (Fsp3) is 0.200. The van der Waals surface area contributed by atoms with Gasteiger partial charge in [0.25, 0.3) is 0 Å². The summed E-state index contributed by atoms with van der Waals surface area (Å²) in [6.45, 7) is 4.55. The summed E-state index contributed by atoms with van der Waals surface area (Å²) in [6, 6.07) is 12.0. The molecule has 2 aromatic carbocycles. The zero-order valence-electron chi connectivity index (χ0n) is 14.4. The molecule has 0 aliphatic heterocycles. The Balaban J connectivity index is 2.02. The second-order valence-corrected chi connectivity index (χ2v) is 6.93. The number of carbonyl (C=O) groups is 1. The fourth-order valence-corrected chi connectivity index (χ4v) is 3.14. The molecule has 4 nitrogen and oxygen atoms in total. The maximum absolute atomic E-state index is 12.2. The van der Waals surface area contributed by atoms with E-state index >= 15 is 0 Å². The molecule has 0 aliphatic carbocycles. The number of carbonyl (C=O) groups excluding carboxylic acids is 1. The molecule has 128 valence electrons. The molecule has 0 unspecified atom stereocenters. The SMILES string of the molecule is COC(=O)/C(=C\c1cccc(Br)c1)Cn1cnc2cc(C)c(C)cc21. The Bertz CT molecular complexity index is 973. The van der Waals surface area contributed by atoms with Gasteiger partial charge in [0.15, 0.2) is 0 Å². The first-order chi connectivity index (χ1) is 12.0. The number of esters is 1. The number of aryl methyl sites for hydroxylation is 2. The van der Waals surface area contributed by atoms with Gasteiger partial charge in [-0.3, -0.25) is 0 Å². The van der Waals surface area contributed by atoms with Crippen molar-refractivity contribution >= 4 is 39.0 Å². The van der Waals surface area contributed by atoms with Crippen LogP contribution in [0.4, 0.5) is 0 Å². The van der Waals surface area contributed by atoms with Crippen LogP contribution in [0.2, 0.25) is 0 Å². The highest BCUT2D eigenvalue weighted by molar-refractivity contribution is 9.10. The Labute approximate surface area is 155 Å². The van der Waals surface area contributed by atoms with Gasteiger partial charge in [0.1, 0.15) is 0 Å². The van der Waals surface area contributed by atoms with Crippen molar-refractivity contribution in [3.63, 3.8) is 0 Å². The van der Waals surface area contributed by atoms with Crippen molar-refractivity contribution in [3.05, 3.63) is 69.5 Å². The van der Waals surface area contributed by atoms with Crippen molar-refractivity contribution in [3.8, 4) is 0 Å².